The van der Waals surface area contributed by atoms with E-state index >= 15 is 0 Å². The maximum Gasteiger partial charge on any atom is 0.191 e. The van der Waals surface area contributed by atoms with Crippen LogP contribution in [0.1, 0.15) is 26.3 Å². The maximum absolute atomic E-state index is 4.63. The molecule has 3 N–H and O–H groups in total. The number of aliphatic imine (C=N–C) groups is 1. The van der Waals surface area contributed by atoms with Crippen LogP contribution in [0, 0.1) is 5.92 Å². The molecule has 0 unspecified atom stereocenters. The minimum Gasteiger partial charge on any atom is -0.357 e. The third kappa shape index (κ3) is 6.55. The van der Waals surface area contributed by atoms with Gasteiger partial charge in [0.05, 0.1) is 6.54 Å². The van der Waals surface area contributed by atoms with Crippen molar-refractivity contribution in [3.63, 3.8) is 0 Å². The van der Waals surface area contributed by atoms with Crippen LogP contribution < -0.4 is 10.6 Å². The van der Waals surface area contributed by atoms with Crippen LogP contribution >= 0.6 is 24.0 Å². The van der Waals surface area contributed by atoms with Gasteiger partial charge in [-0.05, 0) is 24.5 Å². The van der Waals surface area contributed by atoms with Crippen LogP contribution in [0.25, 0.3) is 11.4 Å². The van der Waals surface area contributed by atoms with Gasteiger partial charge in [0.15, 0.2) is 11.8 Å². The second-order valence-corrected chi connectivity index (χ2v) is 5.50. The number of benzene rings is 1. The molecular weight excluding hydrogens is 403 g/mol. The number of aromatic nitrogens is 3. The average molecular weight is 428 g/mol. The summed E-state index contributed by atoms with van der Waals surface area (Å²) in [6.07, 6.45) is 1.51. The summed E-state index contributed by atoms with van der Waals surface area (Å²) in [6.45, 7) is 8.80. The Labute approximate surface area is 154 Å². The van der Waals surface area contributed by atoms with Gasteiger partial charge >= 0.3 is 0 Å². The molecule has 0 radical (unpaired) electrons. The minimum absolute atomic E-state index is 0. The van der Waals surface area contributed by atoms with Gasteiger partial charge in [0, 0.05) is 18.7 Å². The molecular formula is C16H25IN6. The zero-order chi connectivity index (χ0) is 15.8. The van der Waals surface area contributed by atoms with Gasteiger partial charge in [0.1, 0.15) is 6.33 Å². The fourth-order valence-corrected chi connectivity index (χ4v) is 1.97. The second kappa shape index (κ2) is 10.2. The number of nitrogens with one attached hydrogen (secondary N) is 3. The fourth-order valence-electron chi connectivity index (χ4n) is 1.97. The molecule has 1 aromatic carbocycles. The van der Waals surface area contributed by atoms with Gasteiger partial charge in [0.2, 0.25) is 0 Å². The van der Waals surface area contributed by atoms with Crippen molar-refractivity contribution in [2.24, 2.45) is 10.9 Å². The number of hydrogen-bond acceptors (Lipinski definition) is 3. The van der Waals surface area contributed by atoms with Gasteiger partial charge in [-0.15, -0.1) is 24.0 Å². The van der Waals surface area contributed by atoms with E-state index in [0.29, 0.717) is 12.5 Å². The predicted octanol–water partition coefficient (Wildman–Crippen LogP) is 2.80. The molecule has 0 saturated carbocycles. The van der Waals surface area contributed by atoms with Crippen LogP contribution in [0.3, 0.4) is 0 Å². The number of guanidine groups is 1. The number of hydrogen-bond donors (Lipinski definition) is 3. The van der Waals surface area contributed by atoms with E-state index in [2.05, 4.69) is 63.7 Å². The van der Waals surface area contributed by atoms with Gasteiger partial charge in [-0.1, -0.05) is 32.0 Å². The molecule has 0 saturated heterocycles. The summed E-state index contributed by atoms with van der Waals surface area (Å²) in [4.78, 5) is 8.80. The van der Waals surface area contributed by atoms with Crippen LogP contribution in [-0.2, 0) is 6.54 Å². The quantitative estimate of drug-likeness (QED) is 0.376. The first-order chi connectivity index (χ1) is 10.7. The Balaban J connectivity index is 0.00000264. The fraction of sp³-hybridized carbons (Fsp3) is 0.438. The summed E-state index contributed by atoms with van der Waals surface area (Å²) < 4.78 is 0. The molecule has 0 spiro atoms. The monoisotopic (exact) mass is 428 g/mol. The lowest BCUT2D eigenvalue weighted by Crippen LogP contribution is -2.39. The molecule has 1 heterocycles. The van der Waals surface area contributed by atoms with Crippen molar-refractivity contribution in [3.05, 3.63) is 36.2 Å². The second-order valence-electron chi connectivity index (χ2n) is 5.50. The Morgan fingerprint density at radius 1 is 1.30 bits per heavy atom. The molecule has 7 heteroatoms. The molecule has 0 aliphatic carbocycles. The van der Waals surface area contributed by atoms with Crippen molar-refractivity contribution in [1.29, 1.82) is 0 Å². The van der Waals surface area contributed by atoms with E-state index in [1.807, 2.05) is 12.1 Å². The van der Waals surface area contributed by atoms with Crippen molar-refractivity contribution < 1.29 is 0 Å². The van der Waals surface area contributed by atoms with E-state index in [9.17, 15) is 0 Å². The minimum atomic E-state index is 0. The third-order valence-corrected chi connectivity index (χ3v) is 3.06. The molecule has 2 aromatic rings. The number of H-pyrrole nitrogens is 1. The average Bonchev–Trinajstić information content (AvgIpc) is 3.04. The van der Waals surface area contributed by atoms with Crippen molar-refractivity contribution in [1.82, 2.24) is 25.8 Å². The lowest BCUT2D eigenvalue weighted by Gasteiger charge is -2.13. The van der Waals surface area contributed by atoms with E-state index < -0.39 is 0 Å². The van der Waals surface area contributed by atoms with Crippen LogP contribution in [0.5, 0.6) is 0 Å². The SMILES string of the molecule is CCNC(=NCc1cccc(-c2ncn[nH]2)c1)NCC(C)C.I. The zero-order valence-corrected chi connectivity index (χ0v) is 16.2. The molecule has 0 atom stereocenters. The number of halogens is 1. The summed E-state index contributed by atoms with van der Waals surface area (Å²) in [5.74, 6) is 2.20. The lowest BCUT2D eigenvalue weighted by molar-refractivity contribution is 0.615. The Morgan fingerprint density at radius 2 is 2.13 bits per heavy atom. The highest BCUT2D eigenvalue weighted by Gasteiger charge is 2.03. The standard InChI is InChI=1S/C16H24N6.HI/c1-4-17-16(18-9-12(2)3)19-10-13-6-5-7-14(8-13)15-20-11-21-22-15;/h5-8,11-12H,4,9-10H2,1-3H3,(H2,17,18,19)(H,20,21,22);1H. The first kappa shape index (κ1) is 19.4. The summed E-state index contributed by atoms with van der Waals surface area (Å²) >= 11 is 0. The van der Waals surface area contributed by atoms with E-state index in [-0.39, 0.29) is 24.0 Å². The Hall–Kier alpha value is -1.64. The van der Waals surface area contributed by atoms with Gasteiger partial charge in [-0.3, -0.25) is 5.10 Å². The molecule has 0 aliphatic heterocycles. The summed E-state index contributed by atoms with van der Waals surface area (Å²) in [7, 11) is 0. The zero-order valence-electron chi connectivity index (χ0n) is 13.8. The highest BCUT2D eigenvalue weighted by Crippen LogP contribution is 2.15. The molecule has 1 aromatic heterocycles. The van der Waals surface area contributed by atoms with E-state index in [1.165, 1.54) is 6.33 Å². The van der Waals surface area contributed by atoms with Gasteiger partial charge in [-0.25, -0.2) is 9.98 Å². The molecule has 2 rings (SSSR count). The Bertz CT molecular complexity index is 594. The first-order valence-electron chi connectivity index (χ1n) is 7.66. The lowest BCUT2D eigenvalue weighted by atomic mass is 10.1. The van der Waals surface area contributed by atoms with E-state index in [0.717, 1.165) is 36.0 Å². The van der Waals surface area contributed by atoms with Crippen LogP contribution in [0.4, 0.5) is 0 Å². The van der Waals surface area contributed by atoms with Crippen molar-refractivity contribution >= 4 is 29.9 Å². The highest BCUT2D eigenvalue weighted by molar-refractivity contribution is 14.0. The Morgan fingerprint density at radius 3 is 2.78 bits per heavy atom. The van der Waals surface area contributed by atoms with Crippen molar-refractivity contribution in [2.75, 3.05) is 13.1 Å². The van der Waals surface area contributed by atoms with Crippen molar-refractivity contribution in [3.8, 4) is 11.4 Å². The summed E-state index contributed by atoms with van der Waals surface area (Å²) in [6, 6.07) is 8.17. The molecule has 0 aliphatic rings. The maximum atomic E-state index is 4.63. The van der Waals surface area contributed by atoms with Gasteiger partial charge < -0.3 is 10.6 Å². The van der Waals surface area contributed by atoms with Gasteiger partial charge in [-0.2, -0.15) is 5.10 Å². The predicted molar refractivity (Wildman–Crippen MR) is 105 cm³/mol. The van der Waals surface area contributed by atoms with Crippen LogP contribution in [0.15, 0.2) is 35.6 Å². The van der Waals surface area contributed by atoms with Gasteiger partial charge in [0.25, 0.3) is 0 Å². The smallest absolute Gasteiger partial charge is 0.191 e. The third-order valence-electron chi connectivity index (χ3n) is 3.06. The summed E-state index contributed by atoms with van der Waals surface area (Å²) in [5, 5.41) is 13.4. The van der Waals surface area contributed by atoms with E-state index in [1.54, 1.807) is 0 Å². The molecule has 6 nitrogen and oxygen atoms in total. The number of rotatable bonds is 6. The molecule has 23 heavy (non-hydrogen) atoms. The number of aromatic amines is 1. The van der Waals surface area contributed by atoms with Crippen LogP contribution in [0.2, 0.25) is 0 Å². The Kier molecular flexibility index (Phi) is 8.60. The molecule has 126 valence electrons. The largest absolute Gasteiger partial charge is 0.357 e. The van der Waals surface area contributed by atoms with Crippen molar-refractivity contribution in [2.45, 2.75) is 27.3 Å². The van der Waals surface area contributed by atoms with Crippen LogP contribution in [-0.4, -0.2) is 34.2 Å². The first-order valence-corrected chi connectivity index (χ1v) is 7.66. The van der Waals surface area contributed by atoms with E-state index in [4.69, 9.17) is 0 Å². The summed E-state index contributed by atoms with van der Waals surface area (Å²) in [5.41, 5.74) is 2.15. The normalized spacial score (nSPS) is 11.2. The topological polar surface area (TPSA) is 78.0 Å². The number of nitrogens with zero attached hydrogens (tertiary/aromatic N) is 3. The molecule has 0 bridgehead atoms. The molecule has 0 fully saturated rings. The highest BCUT2D eigenvalue weighted by atomic mass is 127. The molecule has 0 amide bonds.